The number of rotatable bonds is 5. The van der Waals surface area contributed by atoms with Crippen LogP contribution in [0.4, 0.5) is 0 Å². The predicted octanol–water partition coefficient (Wildman–Crippen LogP) is 1.73. The number of nitrogens with one attached hydrogen (secondary N) is 2. The number of likely N-dealkylation sites (N-methyl/N-ethyl adjacent to an activating group) is 1. The molecule has 3 atom stereocenters. The molecule has 7 heteroatoms. The van der Waals surface area contributed by atoms with Gasteiger partial charge in [-0.1, -0.05) is 12.1 Å². The van der Waals surface area contributed by atoms with Crippen LogP contribution in [0.15, 0.2) is 24.3 Å². The van der Waals surface area contributed by atoms with Crippen molar-refractivity contribution < 1.29 is 9.53 Å². The summed E-state index contributed by atoms with van der Waals surface area (Å²) < 4.78 is 5.31. The molecular formula is C25H39N5O2. The topological polar surface area (TPSA) is 60.1 Å². The lowest BCUT2D eigenvalue weighted by Gasteiger charge is -2.35. The number of nitrogens with zero attached hydrogens (tertiary/aromatic N) is 3. The SMILES string of the molecule is COc1ccc(C2NNCC2CN2CCC3(CC2)CC3C(=O)N2CCCN(C)CC2)cc1. The third kappa shape index (κ3) is 4.53. The van der Waals surface area contributed by atoms with E-state index in [1.807, 2.05) is 12.1 Å². The van der Waals surface area contributed by atoms with Gasteiger partial charge in [-0.05, 0) is 75.5 Å². The van der Waals surface area contributed by atoms with Crippen LogP contribution >= 0.6 is 0 Å². The third-order valence-electron chi connectivity index (χ3n) is 8.43. The number of amides is 1. The Morgan fingerprint density at radius 2 is 1.88 bits per heavy atom. The first-order valence-electron chi connectivity index (χ1n) is 12.4. The summed E-state index contributed by atoms with van der Waals surface area (Å²) in [5.74, 6) is 2.17. The molecule has 4 aliphatic rings. The smallest absolute Gasteiger partial charge is 0.226 e. The molecule has 2 N–H and O–H groups in total. The van der Waals surface area contributed by atoms with Crippen LogP contribution in [0.2, 0.25) is 0 Å². The molecule has 7 nitrogen and oxygen atoms in total. The summed E-state index contributed by atoms with van der Waals surface area (Å²) in [6.45, 7) is 8.30. The number of carbonyl (C=O) groups excluding carboxylic acids is 1. The average Bonchev–Trinajstić information content (AvgIpc) is 3.40. The number of hydrogen-bond donors (Lipinski definition) is 2. The van der Waals surface area contributed by atoms with Gasteiger partial charge in [-0.15, -0.1) is 0 Å². The van der Waals surface area contributed by atoms with Crippen molar-refractivity contribution in [2.75, 3.05) is 66.5 Å². The van der Waals surface area contributed by atoms with E-state index >= 15 is 0 Å². The fourth-order valence-corrected chi connectivity index (χ4v) is 6.12. The zero-order chi connectivity index (χ0) is 22.1. The number of hydrogen-bond acceptors (Lipinski definition) is 6. The summed E-state index contributed by atoms with van der Waals surface area (Å²) in [6.07, 6.45) is 4.58. The van der Waals surface area contributed by atoms with Crippen molar-refractivity contribution in [1.29, 1.82) is 0 Å². The van der Waals surface area contributed by atoms with Crippen molar-refractivity contribution in [1.82, 2.24) is 25.6 Å². The molecule has 3 unspecified atom stereocenters. The van der Waals surface area contributed by atoms with E-state index in [0.29, 0.717) is 23.3 Å². The molecular weight excluding hydrogens is 402 g/mol. The van der Waals surface area contributed by atoms with Gasteiger partial charge in [0.25, 0.3) is 0 Å². The maximum absolute atomic E-state index is 13.2. The Morgan fingerprint density at radius 3 is 2.62 bits per heavy atom. The van der Waals surface area contributed by atoms with Crippen LogP contribution in [-0.2, 0) is 4.79 Å². The minimum atomic E-state index is 0.287. The number of likely N-dealkylation sites (tertiary alicyclic amines) is 1. The van der Waals surface area contributed by atoms with Crippen LogP contribution in [0.5, 0.6) is 5.75 Å². The molecule has 1 saturated carbocycles. The van der Waals surface area contributed by atoms with Gasteiger partial charge in [0.2, 0.25) is 5.91 Å². The molecule has 0 radical (unpaired) electrons. The molecule has 3 saturated heterocycles. The Kier molecular flexibility index (Phi) is 6.43. The lowest BCUT2D eigenvalue weighted by molar-refractivity contribution is -0.133. The van der Waals surface area contributed by atoms with Crippen molar-refractivity contribution in [3.05, 3.63) is 29.8 Å². The zero-order valence-electron chi connectivity index (χ0n) is 19.7. The van der Waals surface area contributed by atoms with E-state index in [1.165, 1.54) is 18.4 Å². The first-order valence-corrected chi connectivity index (χ1v) is 12.4. The van der Waals surface area contributed by atoms with Crippen molar-refractivity contribution in [2.45, 2.75) is 31.7 Å². The highest BCUT2D eigenvalue weighted by Gasteiger charge is 2.59. The van der Waals surface area contributed by atoms with Crippen LogP contribution < -0.4 is 15.6 Å². The lowest BCUT2D eigenvalue weighted by Crippen LogP contribution is -2.41. The quantitative estimate of drug-likeness (QED) is 0.726. The first kappa shape index (κ1) is 22.1. The fraction of sp³-hybridized carbons (Fsp3) is 0.720. The monoisotopic (exact) mass is 441 g/mol. The highest BCUT2D eigenvalue weighted by Crippen LogP contribution is 2.60. The number of piperidine rings is 1. The van der Waals surface area contributed by atoms with E-state index in [9.17, 15) is 4.79 Å². The summed E-state index contributed by atoms with van der Waals surface area (Å²) in [5, 5.41) is 0. The highest BCUT2D eigenvalue weighted by molar-refractivity contribution is 5.82. The number of benzene rings is 1. The summed E-state index contributed by atoms with van der Waals surface area (Å²) in [6, 6.07) is 8.76. The van der Waals surface area contributed by atoms with Gasteiger partial charge in [0.15, 0.2) is 0 Å². The minimum absolute atomic E-state index is 0.287. The molecule has 1 aliphatic carbocycles. The summed E-state index contributed by atoms with van der Waals surface area (Å²) in [7, 11) is 3.87. The Balaban J connectivity index is 1.12. The molecule has 0 aromatic heterocycles. The summed E-state index contributed by atoms with van der Waals surface area (Å²) in [4.78, 5) is 20.3. The Hall–Kier alpha value is -1.67. The Labute approximate surface area is 192 Å². The highest BCUT2D eigenvalue weighted by atomic mass is 16.5. The molecule has 3 aliphatic heterocycles. The average molecular weight is 442 g/mol. The van der Waals surface area contributed by atoms with Crippen LogP contribution in [0.3, 0.4) is 0 Å². The van der Waals surface area contributed by atoms with Gasteiger partial charge in [-0.25, -0.2) is 5.43 Å². The van der Waals surface area contributed by atoms with E-state index in [0.717, 1.165) is 70.9 Å². The number of hydrazine groups is 1. The van der Waals surface area contributed by atoms with Crippen molar-refractivity contribution in [2.24, 2.45) is 17.3 Å². The Bertz CT molecular complexity index is 792. The molecule has 5 rings (SSSR count). The second-order valence-electron chi connectivity index (χ2n) is 10.4. The van der Waals surface area contributed by atoms with Gasteiger partial charge in [-0.2, -0.15) is 0 Å². The van der Waals surface area contributed by atoms with E-state index in [4.69, 9.17) is 4.74 Å². The van der Waals surface area contributed by atoms with Gasteiger partial charge in [-0.3, -0.25) is 10.2 Å². The van der Waals surface area contributed by atoms with Gasteiger partial charge in [0, 0.05) is 44.6 Å². The van der Waals surface area contributed by atoms with Crippen LogP contribution in [0, 0.1) is 17.3 Å². The second-order valence-corrected chi connectivity index (χ2v) is 10.4. The maximum Gasteiger partial charge on any atom is 0.226 e. The standard InChI is InChI=1S/C25H39N5O2/c1-28-10-3-11-30(15-14-28)24(31)22-16-25(22)8-12-29(13-9-25)18-20-17-26-27-23(20)19-4-6-21(32-2)7-5-19/h4-7,20,22-23,26-27H,3,8-18H2,1-2H3. The summed E-state index contributed by atoms with van der Waals surface area (Å²) in [5.41, 5.74) is 8.46. The van der Waals surface area contributed by atoms with E-state index in [-0.39, 0.29) is 5.92 Å². The first-order chi connectivity index (χ1) is 15.6. The number of methoxy groups -OCH3 is 1. The van der Waals surface area contributed by atoms with E-state index in [1.54, 1.807) is 7.11 Å². The van der Waals surface area contributed by atoms with Crippen molar-refractivity contribution >= 4 is 5.91 Å². The van der Waals surface area contributed by atoms with E-state index in [2.05, 4.69) is 44.7 Å². The van der Waals surface area contributed by atoms with E-state index < -0.39 is 0 Å². The minimum Gasteiger partial charge on any atom is -0.497 e. The number of ether oxygens (including phenoxy) is 1. The zero-order valence-corrected chi connectivity index (χ0v) is 19.7. The lowest BCUT2D eigenvalue weighted by atomic mass is 9.88. The molecule has 3 heterocycles. The van der Waals surface area contributed by atoms with Gasteiger partial charge in [0.1, 0.15) is 5.75 Å². The number of carbonyl (C=O) groups is 1. The van der Waals surface area contributed by atoms with Gasteiger partial charge in [0.05, 0.1) is 13.2 Å². The van der Waals surface area contributed by atoms with Gasteiger partial charge < -0.3 is 19.4 Å². The van der Waals surface area contributed by atoms with Crippen LogP contribution in [-0.4, -0.2) is 87.1 Å². The molecule has 1 amide bonds. The summed E-state index contributed by atoms with van der Waals surface area (Å²) >= 11 is 0. The van der Waals surface area contributed by atoms with Crippen LogP contribution in [0.1, 0.15) is 37.3 Å². The molecule has 0 bridgehead atoms. The molecule has 1 spiro atoms. The van der Waals surface area contributed by atoms with Crippen molar-refractivity contribution in [3.8, 4) is 5.75 Å². The predicted molar refractivity (Wildman–Crippen MR) is 125 cm³/mol. The van der Waals surface area contributed by atoms with Gasteiger partial charge >= 0.3 is 0 Å². The molecule has 1 aromatic carbocycles. The molecule has 1 aromatic rings. The molecule has 176 valence electrons. The fourth-order valence-electron chi connectivity index (χ4n) is 6.12. The van der Waals surface area contributed by atoms with Crippen molar-refractivity contribution in [3.63, 3.8) is 0 Å². The molecule has 4 fully saturated rings. The third-order valence-corrected chi connectivity index (χ3v) is 8.43. The largest absolute Gasteiger partial charge is 0.497 e. The second kappa shape index (κ2) is 9.29. The maximum atomic E-state index is 13.2. The molecule has 32 heavy (non-hydrogen) atoms. The normalized spacial score (nSPS) is 30.9. The Morgan fingerprint density at radius 1 is 1.09 bits per heavy atom. The van der Waals surface area contributed by atoms with Crippen LogP contribution in [0.25, 0.3) is 0 Å².